The zero-order chi connectivity index (χ0) is 45.8. The monoisotopic (exact) mass is 887 g/mol. The van der Waals surface area contributed by atoms with Crippen molar-refractivity contribution >= 4 is 17.9 Å². The van der Waals surface area contributed by atoms with Gasteiger partial charge in [0.2, 0.25) is 0 Å². The summed E-state index contributed by atoms with van der Waals surface area (Å²) < 4.78 is 16.8. The molecule has 0 aromatic heterocycles. The van der Waals surface area contributed by atoms with Gasteiger partial charge in [-0.3, -0.25) is 14.4 Å². The molecular formula is C57H106O6. The van der Waals surface area contributed by atoms with Gasteiger partial charge in [-0.2, -0.15) is 0 Å². The van der Waals surface area contributed by atoms with Crippen LogP contribution in [0.4, 0.5) is 0 Å². The first-order valence-corrected chi connectivity index (χ1v) is 27.8. The van der Waals surface area contributed by atoms with Crippen molar-refractivity contribution in [1.29, 1.82) is 0 Å². The van der Waals surface area contributed by atoms with Gasteiger partial charge in [0, 0.05) is 19.3 Å². The first kappa shape index (κ1) is 60.9. The van der Waals surface area contributed by atoms with Gasteiger partial charge in [-0.1, -0.05) is 238 Å². The summed E-state index contributed by atoms with van der Waals surface area (Å²) in [6.07, 6.45) is 60.2. The van der Waals surface area contributed by atoms with E-state index in [0.717, 1.165) is 64.2 Å². The molecule has 0 aromatic carbocycles. The van der Waals surface area contributed by atoms with Crippen molar-refractivity contribution in [3.05, 3.63) is 24.3 Å². The number of carbonyl (C=O) groups excluding carboxylic acids is 3. The summed E-state index contributed by atoms with van der Waals surface area (Å²) >= 11 is 0. The lowest BCUT2D eigenvalue weighted by molar-refractivity contribution is -0.167. The van der Waals surface area contributed by atoms with Gasteiger partial charge in [0.15, 0.2) is 6.10 Å². The fraction of sp³-hybridized carbons (Fsp3) is 0.877. The molecular weight excluding hydrogens is 781 g/mol. The van der Waals surface area contributed by atoms with Crippen LogP contribution in [0.15, 0.2) is 24.3 Å². The van der Waals surface area contributed by atoms with E-state index in [9.17, 15) is 14.4 Å². The summed E-state index contributed by atoms with van der Waals surface area (Å²) in [5.74, 6) is -0.869. The maximum absolute atomic E-state index is 12.8. The van der Waals surface area contributed by atoms with E-state index in [1.807, 2.05) is 0 Å². The van der Waals surface area contributed by atoms with Crippen molar-refractivity contribution in [2.45, 2.75) is 309 Å². The Bertz CT molecular complexity index is 1020. The molecule has 0 aliphatic heterocycles. The molecule has 6 nitrogen and oxygen atoms in total. The van der Waals surface area contributed by atoms with Crippen molar-refractivity contribution in [1.82, 2.24) is 0 Å². The molecule has 0 rings (SSSR count). The second-order valence-electron chi connectivity index (χ2n) is 18.8. The van der Waals surface area contributed by atoms with E-state index < -0.39 is 6.10 Å². The van der Waals surface area contributed by atoms with Crippen LogP contribution in [0.2, 0.25) is 0 Å². The van der Waals surface area contributed by atoms with Gasteiger partial charge in [-0.15, -0.1) is 0 Å². The number of allylic oxidation sites excluding steroid dienone is 4. The van der Waals surface area contributed by atoms with E-state index in [2.05, 4.69) is 45.1 Å². The maximum atomic E-state index is 12.8. The first-order chi connectivity index (χ1) is 31.0. The number of hydrogen-bond acceptors (Lipinski definition) is 6. The normalized spacial score (nSPS) is 12.1. The molecule has 63 heavy (non-hydrogen) atoms. The molecule has 0 aromatic rings. The minimum atomic E-state index is -0.771. The highest BCUT2D eigenvalue weighted by Crippen LogP contribution is 2.16. The molecule has 1 atom stereocenters. The lowest BCUT2D eigenvalue weighted by atomic mass is 10.0. The second-order valence-corrected chi connectivity index (χ2v) is 18.8. The number of rotatable bonds is 51. The molecule has 370 valence electrons. The molecule has 0 aliphatic carbocycles. The summed E-state index contributed by atoms with van der Waals surface area (Å²) in [4.78, 5) is 38.0. The Balaban J connectivity index is 4.31. The summed E-state index contributed by atoms with van der Waals surface area (Å²) in [6.45, 7) is 6.64. The number of esters is 3. The van der Waals surface area contributed by atoms with Crippen molar-refractivity contribution in [2.75, 3.05) is 13.2 Å². The fourth-order valence-corrected chi connectivity index (χ4v) is 8.20. The van der Waals surface area contributed by atoms with Crippen molar-refractivity contribution in [2.24, 2.45) is 0 Å². The van der Waals surface area contributed by atoms with Crippen LogP contribution in [0.25, 0.3) is 0 Å². The summed E-state index contributed by atoms with van der Waals surface area (Å²) in [6, 6.07) is 0. The van der Waals surface area contributed by atoms with E-state index in [-0.39, 0.29) is 31.1 Å². The highest BCUT2D eigenvalue weighted by atomic mass is 16.6. The standard InChI is InChI=1S/C57H106O6/c1-4-7-10-13-16-19-22-25-27-28-29-30-31-33-35-38-41-44-47-50-56(59)62-53-54(52-61-55(58)49-46-43-40-37-34-24-21-18-15-12-9-6-3)63-57(60)51-48-45-42-39-36-32-26-23-20-17-14-11-8-5-2/h18,21,28-29,54H,4-17,19-20,22-27,30-53H2,1-3H3/b21-18-,29-28-/t54-/m1/s1. The van der Waals surface area contributed by atoms with E-state index >= 15 is 0 Å². The molecule has 0 heterocycles. The molecule has 0 fully saturated rings. The Morgan fingerprint density at radius 3 is 0.825 bits per heavy atom. The van der Waals surface area contributed by atoms with Gasteiger partial charge in [0.1, 0.15) is 13.2 Å². The second kappa shape index (κ2) is 52.5. The molecule has 0 bridgehead atoms. The third-order valence-electron chi connectivity index (χ3n) is 12.4. The zero-order valence-corrected chi connectivity index (χ0v) is 42.4. The lowest BCUT2D eigenvalue weighted by Crippen LogP contribution is -2.30. The Morgan fingerprint density at radius 1 is 0.302 bits per heavy atom. The molecule has 0 N–H and O–H groups in total. The van der Waals surface area contributed by atoms with Gasteiger partial charge in [0.05, 0.1) is 0 Å². The number of carbonyl (C=O) groups is 3. The van der Waals surface area contributed by atoms with Gasteiger partial charge in [0.25, 0.3) is 0 Å². The van der Waals surface area contributed by atoms with Crippen LogP contribution in [-0.2, 0) is 28.6 Å². The Morgan fingerprint density at radius 2 is 0.524 bits per heavy atom. The lowest BCUT2D eigenvalue weighted by Gasteiger charge is -2.18. The highest BCUT2D eigenvalue weighted by Gasteiger charge is 2.19. The smallest absolute Gasteiger partial charge is 0.306 e. The highest BCUT2D eigenvalue weighted by molar-refractivity contribution is 5.71. The largest absolute Gasteiger partial charge is 0.462 e. The van der Waals surface area contributed by atoms with Gasteiger partial charge < -0.3 is 14.2 Å². The van der Waals surface area contributed by atoms with Crippen LogP contribution >= 0.6 is 0 Å². The van der Waals surface area contributed by atoms with Gasteiger partial charge in [-0.25, -0.2) is 0 Å². The van der Waals surface area contributed by atoms with Crippen molar-refractivity contribution in [3.63, 3.8) is 0 Å². The molecule has 0 amide bonds. The zero-order valence-electron chi connectivity index (χ0n) is 42.4. The van der Waals surface area contributed by atoms with E-state index in [4.69, 9.17) is 14.2 Å². The summed E-state index contributed by atoms with van der Waals surface area (Å²) in [5.41, 5.74) is 0. The minimum absolute atomic E-state index is 0.0722. The molecule has 0 saturated carbocycles. The molecule has 0 saturated heterocycles. The van der Waals surface area contributed by atoms with E-state index in [0.29, 0.717) is 19.3 Å². The van der Waals surface area contributed by atoms with Crippen molar-refractivity contribution < 1.29 is 28.6 Å². The maximum Gasteiger partial charge on any atom is 0.306 e. The average Bonchev–Trinajstić information content (AvgIpc) is 3.28. The van der Waals surface area contributed by atoms with E-state index in [1.54, 1.807) is 0 Å². The van der Waals surface area contributed by atoms with Crippen LogP contribution in [0.1, 0.15) is 303 Å². The number of hydrogen-bond donors (Lipinski definition) is 0. The third-order valence-corrected chi connectivity index (χ3v) is 12.4. The van der Waals surface area contributed by atoms with Crippen LogP contribution in [0, 0.1) is 0 Å². The molecule has 0 aliphatic rings. The number of unbranched alkanes of at least 4 members (excludes halogenated alkanes) is 36. The van der Waals surface area contributed by atoms with Gasteiger partial charge >= 0.3 is 17.9 Å². The van der Waals surface area contributed by atoms with Crippen LogP contribution in [-0.4, -0.2) is 37.2 Å². The minimum Gasteiger partial charge on any atom is -0.462 e. The van der Waals surface area contributed by atoms with E-state index in [1.165, 1.54) is 199 Å². The Hall–Kier alpha value is -2.11. The average molecular weight is 887 g/mol. The van der Waals surface area contributed by atoms with Crippen molar-refractivity contribution in [3.8, 4) is 0 Å². The van der Waals surface area contributed by atoms with Crippen LogP contribution < -0.4 is 0 Å². The Labute approximate surface area is 392 Å². The quantitative estimate of drug-likeness (QED) is 0.0262. The van der Waals surface area contributed by atoms with Gasteiger partial charge in [-0.05, 0) is 70.6 Å². The predicted molar refractivity (Wildman–Crippen MR) is 270 cm³/mol. The predicted octanol–water partition coefficient (Wildman–Crippen LogP) is 18.3. The van der Waals surface area contributed by atoms with Crippen LogP contribution in [0.3, 0.4) is 0 Å². The molecule has 0 unspecified atom stereocenters. The Kier molecular flexibility index (Phi) is 50.8. The molecule has 0 spiro atoms. The first-order valence-electron chi connectivity index (χ1n) is 27.8. The van der Waals surface area contributed by atoms with Crippen LogP contribution in [0.5, 0.6) is 0 Å². The SMILES string of the molecule is CCCCC/C=C\CCCCCCCC(=O)OC[C@H](COC(=O)CCCCCCCCC/C=C\CCCCCCCCCC)OC(=O)CCCCCCCCCCCCCCCC. The summed E-state index contributed by atoms with van der Waals surface area (Å²) in [7, 11) is 0. The summed E-state index contributed by atoms with van der Waals surface area (Å²) in [5, 5.41) is 0. The topological polar surface area (TPSA) is 78.9 Å². The molecule has 6 heteroatoms. The molecule has 0 radical (unpaired) electrons. The number of ether oxygens (including phenoxy) is 3. The fourth-order valence-electron chi connectivity index (χ4n) is 8.20. The third kappa shape index (κ3) is 50.7.